The van der Waals surface area contributed by atoms with Gasteiger partial charge in [-0.2, -0.15) is 0 Å². The first-order valence-corrected chi connectivity index (χ1v) is 10.7. The Hall–Kier alpha value is -3.40. The van der Waals surface area contributed by atoms with E-state index in [4.69, 9.17) is 14.6 Å². The number of nitrogens with one attached hydrogen (secondary N) is 2. The summed E-state index contributed by atoms with van der Waals surface area (Å²) in [6.07, 6.45) is 1.64. The van der Waals surface area contributed by atoms with Crippen molar-refractivity contribution in [2.45, 2.75) is 52.9 Å². The largest absolute Gasteiger partial charge is 0.480 e. The second-order valence-corrected chi connectivity index (χ2v) is 8.51. The standard InChI is InChI=1S/C23H32N4O6/c1-16-13-26-20(21(30)27(16)14-19(28)29)24-9-8-17-6-5-7-18(12-17)15-32-11-10-25-22(31)33-23(2,3)4/h5-7,12-13H,8-11,14-15H2,1-4H3,(H,24,26)(H,25,31)(H,28,29). The van der Waals surface area contributed by atoms with Gasteiger partial charge in [-0.1, -0.05) is 24.3 Å². The van der Waals surface area contributed by atoms with Crippen molar-refractivity contribution >= 4 is 17.9 Å². The molecule has 0 unspecified atom stereocenters. The SMILES string of the molecule is Cc1cnc(NCCc2cccc(COCCNC(=O)OC(C)(C)C)c2)c(=O)n1CC(=O)O. The van der Waals surface area contributed by atoms with Crippen LogP contribution in [0.15, 0.2) is 35.3 Å². The first kappa shape index (κ1) is 25.9. The minimum Gasteiger partial charge on any atom is -0.480 e. The Morgan fingerprint density at radius 2 is 1.91 bits per heavy atom. The Labute approximate surface area is 192 Å². The number of carboxylic acids is 1. The van der Waals surface area contributed by atoms with Crippen LogP contribution in [0.2, 0.25) is 0 Å². The molecule has 0 aliphatic carbocycles. The Bertz CT molecular complexity index is 1010. The van der Waals surface area contributed by atoms with E-state index < -0.39 is 29.8 Å². The van der Waals surface area contributed by atoms with Crippen molar-refractivity contribution < 1.29 is 24.2 Å². The van der Waals surface area contributed by atoms with E-state index >= 15 is 0 Å². The van der Waals surface area contributed by atoms with Crippen molar-refractivity contribution in [2.24, 2.45) is 0 Å². The van der Waals surface area contributed by atoms with Gasteiger partial charge in [0.15, 0.2) is 5.82 Å². The fourth-order valence-corrected chi connectivity index (χ4v) is 2.95. The van der Waals surface area contributed by atoms with Crippen molar-refractivity contribution in [3.05, 3.63) is 57.6 Å². The Kier molecular flexibility index (Phi) is 9.41. The number of amides is 1. The predicted molar refractivity (Wildman–Crippen MR) is 123 cm³/mol. The van der Waals surface area contributed by atoms with Gasteiger partial charge in [-0.3, -0.25) is 14.2 Å². The van der Waals surface area contributed by atoms with E-state index in [9.17, 15) is 14.4 Å². The molecule has 0 radical (unpaired) electrons. The van der Waals surface area contributed by atoms with Gasteiger partial charge in [0.2, 0.25) is 0 Å². The average Bonchev–Trinajstić information content (AvgIpc) is 2.71. The number of carbonyl (C=O) groups excluding carboxylic acids is 1. The number of carbonyl (C=O) groups is 2. The van der Waals surface area contributed by atoms with Gasteiger partial charge in [-0.05, 0) is 45.2 Å². The Morgan fingerprint density at radius 3 is 2.61 bits per heavy atom. The van der Waals surface area contributed by atoms with Crippen LogP contribution in [0.3, 0.4) is 0 Å². The first-order chi connectivity index (χ1) is 15.5. The summed E-state index contributed by atoms with van der Waals surface area (Å²) in [6.45, 7) is 8.21. The second-order valence-electron chi connectivity index (χ2n) is 8.51. The number of ether oxygens (including phenoxy) is 2. The molecule has 1 aromatic heterocycles. The molecule has 0 aliphatic rings. The van der Waals surface area contributed by atoms with Gasteiger partial charge >= 0.3 is 12.1 Å². The zero-order chi connectivity index (χ0) is 24.4. The molecular weight excluding hydrogens is 428 g/mol. The summed E-state index contributed by atoms with van der Waals surface area (Å²) in [7, 11) is 0. The lowest BCUT2D eigenvalue weighted by molar-refractivity contribution is -0.137. The van der Waals surface area contributed by atoms with E-state index in [2.05, 4.69) is 15.6 Å². The van der Waals surface area contributed by atoms with Crippen LogP contribution in [-0.2, 0) is 33.8 Å². The summed E-state index contributed by atoms with van der Waals surface area (Å²) in [5, 5.41) is 14.6. The van der Waals surface area contributed by atoms with Gasteiger partial charge in [-0.15, -0.1) is 0 Å². The normalized spacial score (nSPS) is 11.2. The lowest BCUT2D eigenvalue weighted by Crippen LogP contribution is -2.34. The topological polar surface area (TPSA) is 132 Å². The molecule has 0 aliphatic heterocycles. The van der Waals surface area contributed by atoms with Crippen LogP contribution < -0.4 is 16.2 Å². The molecule has 180 valence electrons. The van der Waals surface area contributed by atoms with E-state index in [1.54, 1.807) is 27.7 Å². The molecular formula is C23H32N4O6. The summed E-state index contributed by atoms with van der Waals surface area (Å²) >= 11 is 0. The fourth-order valence-electron chi connectivity index (χ4n) is 2.95. The number of hydrogen-bond donors (Lipinski definition) is 3. The molecule has 0 atom stereocenters. The van der Waals surface area contributed by atoms with E-state index in [1.807, 2.05) is 24.3 Å². The summed E-state index contributed by atoms with van der Waals surface area (Å²) in [5.74, 6) is -0.962. The monoisotopic (exact) mass is 460 g/mol. The minimum absolute atomic E-state index is 0.124. The van der Waals surface area contributed by atoms with Crippen molar-refractivity contribution in [3.8, 4) is 0 Å². The van der Waals surface area contributed by atoms with Crippen molar-refractivity contribution in [1.29, 1.82) is 0 Å². The van der Waals surface area contributed by atoms with Crippen LogP contribution in [0.4, 0.5) is 10.6 Å². The zero-order valence-electron chi connectivity index (χ0n) is 19.5. The minimum atomic E-state index is -1.09. The highest BCUT2D eigenvalue weighted by Crippen LogP contribution is 2.09. The molecule has 2 rings (SSSR count). The molecule has 10 nitrogen and oxygen atoms in total. The Balaban J connectivity index is 1.79. The molecule has 1 aromatic carbocycles. The Morgan fingerprint density at radius 1 is 1.18 bits per heavy atom. The molecule has 0 bridgehead atoms. The zero-order valence-corrected chi connectivity index (χ0v) is 19.5. The number of hydrogen-bond acceptors (Lipinski definition) is 7. The number of benzene rings is 1. The van der Waals surface area contributed by atoms with Crippen LogP contribution in [0, 0.1) is 6.92 Å². The first-order valence-electron chi connectivity index (χ1n) is 10.7. The highest BCUT2D eigenvalue weighted by atomic mass is 16.6. The van der Waals surface area contributed by atoms with Crippen LogP contribution in [0.25, 0.3) is 0 Å². The molecule has 0 saturated heterocycles. The lowest BCUT2D eigenvalue weighted by Gasteiger charge is -2.19. The third kappa shape index (κ3) is 9.32. The van der Waals surface area contributed by atoms with Crippen molar-refractivity contribution in [2.75, 3.05) is 25.0 Å². The quantitative estimate of drug-likeness (QED) is 0.436. The van der Waals surface area contributed by atoms with Crippen molar-refractivity contribution in [1.82, 2.24) is 14.9 Å². The molecule has 1 amide bonds. The molecule has 0 spiro atoms. The highest BCUT2D eigenvalue weighted by molar-refractivity contribution is 5.67. The smallest absolute Gasteiger partial charge is 0.407 e. The summed E-state index contributed by atoms with van der Waals surface area (Å²) in [6, 6.07) is 7.86. The molecule has 0 saturated carbocycles. The van der Waals surface area contributed by atoms with Crippen LogP contribution in [0.5, 0.6) is 0 Å². The van der Waals surface area contributed by atoms with Crippen LogP contribution in [-0.4, -0.2) is 52.0 Å². The number of alkyl carbamates (subject to hydrolysis) is 1. The maximum Gasteiger partial charge on any atom is 0.407 e. The van der Waals surface area contributed by atoms with Gasteiger partial charge in [0.1, 0.15) is 12.1 Å². The third-order valence-electron chi connectivity index (χ3n) is 4.43. The summed E-state index contributed by atoms with van der Waals surface area (Å²) in [4.78, 5) is 39.1. The molecule has 10 heteroatoms. The molecule has 3 N–H and O–H groups in total. The van der Waals surface area contributed by atoms with Crippen LogP contribution in [0.1, 0.15) is 37.6 Å². The maximum atomic E-state index is 12.4. The number of aliphatic carboxylic acids is 1. The number of aromatic nitrogens is 2. The highest BCUT2D eigenvalue weighted by Gasteiger charge is 2.15. The third-order valence-corrected chi connectivity index (χ3v) is 4.43. The predicted octanol–water partition coefficient (Wildman–Crippen LogP) is 2.33. The fraction of sp³-hybridized carbons (Fsp3) is 0.478. The number of nitrogens with zero attached hydrogens (tertiary/aromatic N) is 2. The van der Waals surface area contributed by atoms with Gasteiger partial charge in [0.25, 0.3) is 5.56 Å². The van der Waals surface area contributed by atoms with Crippen LogP contribution >= 0.6 is 0 Å². The van der Waals surface area contributed by atoms with E-state index in [-0.39, 0.29) is 5.82 Å². The molecule has 2 aromatic rings. The number of anilines is 1. The lowest BCUT2D eigenvalue weighted by atomic mass is 10.1. The van der Waals surface area contributed by atoms with E-state index in [1.165, 1.54) is 10.8 Å². The number of carboxylic acid groups (broad SMARTS) is 1. The number of rotatable bonds is 11. The van der Waals surface area contributed by atoms with Gasteiger partial charge in [0, 0.05) is 25.0 Å². The summed E-state index contributed by atoms with van der Waals surface area (Å²) in [5.41, 5.74) is 1.53. The van der Waals surface area contributed by atoms with Gasteiger partial charge in [0.05, 0.1) is 13.2 Å². The maximum absolute atomic E-state index is 12.4. The molecule has 33 heavy (non-hydrogen) atoms. The number of aryl methyl sites for hydroxylation is 1. The molecule has 0 fully saturated rings. The van der Waals surface area contributed by atoms with Gasteiger partial charge in [-0.25, -0.2) is 9.78 Å². The molecule has 1 heterocycles. The van der Waals surface area contributed by atoms with E-state index in [0.29, 0.717) is 38.4 Å². The summed E-state index contributed by atoms with van der Waals surface area (Å²) < 4.78 is 11.9. The van der Waals surface area contributed by atoms with Gasteiger partial charge < -0.3 is 25.2 Å². The van der Waals surface area contributed by atoms with E-state index in [0.717, 1.165) is 11.1 Å². The second kappa shape index (κ2) is 12.0. The average molecular weight is 461 g/mol. The van der Waals surface area contributed by atoms with Crippen molar-refractivity contribution in [3.63, 3.8) is 0 Å².